The second-order valence-electron chi connectivity index (χ2n) is 2.48. The Hall–Kier alpha value is 0.170. The van der Waals surface area contributed by atoms with E-state index in [9.17, 15) is 4.79 Å². The van der Waals surface area contributed by atoms with Crippen LogP contribution in [0.4, 0.5) is 0 Å². The molecule has 2 nitrogen and oxygen atoms in total. The molecule has 0 heterocycles. The van der Waals surface area contributed by atoms with Crippen molar-refractivity contribution in [2.75, 3.05) is 18.1 Å². The molecule has 0 unspecified atom stereocenters. The van der Waals surface area contributed by atoms with Crippen LogP contribution in [0, 0.1) is 0 Å². The van der Waals surface area contributed by atoms with Gasteiger partial charge in [0.1, 0.15) is 6.61 Å². The number of hydrogen-bond acceptors (Lipinski definition) is 4. The number of rotatable bonds is 7. The van der Waals surface area contributed by atoms with Crippen molar-refractivity contribution in [3.8, 4) is 0 Å². The van der Waals surface area contributed by atoms with E-state index in [-0.39, 0.29) is 5.97 Å². The first-order valence-corrected chi connectivity index (χ1v) is 5.45. The van der Waals surface area contributed by atoms with Gasteiger partial charge in [0.05, 0.1) is 0 Å². The van der Waals surface area contributed by atoms with Gasteiger partial charge in [-0.3, -0.25) is 4.79 Å². The van der Waals surface area contributed by atoms with Gasteiger partial charge in [-0.05, 0) is 18.6 Å². The summed E-state index contributed by atoms with van der Waals surface area (Å²) in [6, 6.07) is 0. The lowest BCUT2D eigenvalue weighted by Crippen LogP contribution is -2.06. The third kappa shape index (κ3) is 8.27. The van der Waals surface area contributed by atoms with Gasteiger partial charge >= 0.3 is 5.97 Å². The lowest BCUT2D eigenvalue weighted by Gasteiger charge is -2.01. The molecule has 0 atom stereocenters. The van der Waals surface area contributed by atoms with Gasteiger partial charge in [-0.1, -0.05) is 6.42 Å². The van der Waals surface area contributed by atoms with Gasteiger partial charge in [0, 0.05) is 12.2 Å². The minimum Gasteiger partial charge on any atom is -0.465 e. The quantitative estimate of drug-likeness (QED) is 0.380. The summed E-state index contributed by atoms with van der Waals surface area (Å²) >= 11 is 8.01. The highest BCUT2D eigenvalue weighted by Crippen LogP contribution is 2.02. The van der Waals surface area contributed by atoms with Crippen LogP contribution in [0.2, 0.25) is 0 Å². The van der Waals surface area contributed by atoms with E-state index in [1.165, 1.54) is 0 Å². The van der Waals surface area contributed by atoms with Crippen LogP contribution in [0.25, 0.3) is 0 Å². The Labute approximate surface area is 84.9 Å². The zero-order chi connectivity index (χ0) is 9.23. The predicted octanol–water partition coefficient (Wildman–Crippen LogP) is 1.95. The molecular formula is C8H16O2S2. The second-order valence-corrected chi connectivity index (χ2v) is 3.37. The van der Waals surface area contributed by atoms with Crippen LogP contribution < -0.4 is 0 Å². The fraction of sp³-hybridized carbons (Fsp3) is 0.875. The maximum absolute atomic E-state index is 10.9. The molecule has 0 aromatic carbocycles. The van der Waals surface area contributed by atoms with E-state index in [1.807, 2.05) is 0 Å². The summed E-state index contributed by atoms with van der Waals surface area (Å²) < 4.78 is 4.84. The molecule has 0 spiro atoms. The monoisotopic (exact) mass is 208 g/mol. The van der Waals surface area contributed by atoms with E-state index < -0.39 is 0 Å². The van der Waals surface area contributed by atoms with Crippen LogP contribution in [0.1, 0.15) is 25.7 Å². The van der Waals surface area contributed by atoms with Gasteiger partial charge < -0.3 is 4.74 Å². The number of thiol groups is 2. The molecule has 0 radical (unpaired) electrons. The number of esters is 1. The normalized spacial score (nSPS) is 9.83. The molecule has 0 amide bonds. The van der Waals surface area contributed by atoms with Crippen molar-refractivity contribution in [3.05, 3.63) is 0 Å². The molecule has 0 fully saturated rings. The van der Waals surface area contributed by atoms with Crippen LogP contribution in [0.5, 0.6) is 0 Å². The SMILES string of the molecule is O=C(CCCCCS)OCCS. The van der Waals surface area contributed by atoms with Crippen LogP contribution >= 0.6 is 25.3 Å². The minimum atomic E-state index is -0.108. The highest BCUT2D eigenvalue weighted by Gasteiger charge is 2.00. The summed E-state index contributed by atoms with van der Waals surface area (Å²) in [5, 5.41) is 0. The summed E-state index contributed by atoms with van der Waals surface area (Å²) in [6.07, 6.45) is 3.57. The molecule has 12 heavy (non-hydrogen) atoms. The van der Waals surface area contributed by atoms with Gasteiger partial charge in [-0.2, -0.15) is 25.3 Å². The fourth-order valence-corrected chi connectivity index (χ4v) is 1.10. The topological polar surface area (TPSA) is 26.3 Å². The molecule has 0 bridgehead atoms. The Balaban J connectivity index is 3.08. The molecule has 0 aromatic heterocycles. The minimum absolute atomic E-state index is 0.108. The number of carbonyl (C=O) groups is 1. The highest BCUT2D eigenvalue weighted by atomic mass is 32.1. The Morgan fingerprint density at radius 1 is 1.08 bits per heavy atom. The van der Waals surface area contributed by atoms with Crippen LogP contribution in [0.3, 0.4) is 0 Å². The average Bonchev–Trinajstić information content (AvgIpc) is 2.09. The third-order valence-corrected chi connectivity index (χ3v) is 1.89. The fourth-order valence-electron chi connectivity index (χ4n) is 0.790. The summed E-state index contributed by atoms with van der Waals surface area (Å²) in [7, 11) is 0. The summed E-state index contributed by atoms with van der Waals surface area (Å²) in [4.78, 5) is 10.9. The summed E-state index contributed by atoms with van der Waals surface area (Å²) in [5.41, 5.74) is 0. The van der Waals surface area contributed by atoms with Gasteiger partial charge in [-0.15, -0.1) is 0 Å². The molecule has 0 saturated heterocycles. The number of carbonyl (C=O) groups excluding carboxylic acids is 1. The van der Waals surface area contributed by atoms with Crippen molar-refractivity contribution in [3.63, 3.8) is 0 Å². The lowest BCUT2D eigenvalue weighted by molar-refractivity contribution is -0.143. The predicted molar refractivity (Wildman–Crippen MR) is 57.1 cm³/mol. The van der Waals surface area contributed by atoms with Crippen LogP contribution in [-0.4, -0.2) is 24.1 Å². The van der Waals surface area contributed by atoms with Crippen molar-refractivity contribution >= 4 is 31.2 Å². The zero-order valence-corrected chi connectivity index (χ0v) is 8.95. The van der Waals surface area contributed by atoms with Crippen LogP contribution in [-0.2, 0) is 9.53 Å². The van der Waals surface area contributed by atoms with Crippen molar-refractivity contribution in [1.82, 2.24) is 0 Å². The third-order valence-electron chi connectivity index (χ3n) is 1.39. The van der Waals surface area contributed by atoms with Crippen molar-refractivity contribution in [2.24, 2.45) is 0 Å². The number of ether oxygens (including phenoxy) is 1. The molecule has 0 aliphatic heterocycles. The van der Waals surface area contributed by atoms with E-state index in [0.29, 0.717) is 18.8 Å². The van der Waals surface area contributed by atoms with E-state index >= 15 is 0 Å². The molecule has 72 valence electrons. The van der Waals surface area contributed by atoms with E-state index in [2.05, 4.69) is 25.3 Å². The first kappa shape index (κ1) is 12.2. The van der Waals surface area contributed by atoms with Crippen molar-refractivity contribution < 1.29 is 9.53 Å². The highest BCUT2D eigenvalue weighted by molar-refractivity contribution is 7.80. The van der Waals surface area contributed by atoms with Gasteiger partial charge in [0.15, 0.2) is 0 Å². The first-order chi connectivity index (χ1) is 5.81. The van der Waals surface area contributed by atoms with Crippen LogP contribution in [0.15, 0.2) is 0 Å². The van der Waals surface area contributed by atoms with E-state index in [4.69, 9.17) is 4.74 Å². The second kappa shape index (κ2) is 9.26. The zero-order valence-electron chi connectivity index (χ0n) is 7.16. The van der Waals surface area contributed by atoms with Crippen molar-refractivity contribution in [2.45, 2.75) is 25.7 Å². The molecule has 0 rings (SSSR count). The smallest absolute Gasteiger partial charge is 0.305 e. The Morgan fingerprint density at radius 2 is 1.83 bits per heavy atom. The molecule has 0 aromatic rings. The van der Waals surface area contributed by atoms with Crippen molar-refractivity contribution in [1.29, 1.82) is 0 Å². The maximum atomic E-state index is 10.9. The standard InChI is InChI=1S/C8H16O2S2/c9-8(10-5-7-12)4-2-1-3-6-11/h11-12H,1-7H2. The lowest BCUT2D eigenvalue weighted by atomic mass is 10.2. The van der Waals surface area contributed by atoms with Gasteiger partial charge in [0.2, 0.25) is 0 Å². The molecule has 4 heteroatoms. The first-order valence-electron chi connectivity index (χ1n) is 4.18. The van der Waals surface area contributed by atoms with E-state index in [1.54, 1.807) is 0 Å². The maximum Gasteiger partial charge on any atom is 0.305 e. The average molecular weight is 208 g/mol. The van der Waals surface area contributed by atoms with Gasteiger partial charge in [0.25, 0.3) is 0 Å². The Bertz CT molecular complexity index is 118. The molecule has 0 saturated carbocycles. The largest absolute Gasteiger partial charge is 0.465 e. The molecule has 0 N–H and O–H groups in total. The number of unbranched alkanes of at least 4 members (excludes halogenated alkanes) is 2. The number of hydrogen-bond donors (Lipinski definition) is 2. The molecule has 0 aliphatic carbocycles. The van der Waals surface area contributed by atoms with Gasteiger partial charge in [-0.25, -0.2) is 0 Å². The van der Waals surface area contributed by atoms with E-state index in [0.717, 1.165) is 25.0 Å². The summed E-state index contributed by atoms with van der Waals surface area (Å²) in [6.45, 7) is 0.425. The Morgan fingerprint density at radius 3 is 2.42 bits per heavy atom. The molecule has 0 aliphatic rings. The Kier molecular flexibility index (Phi) is 9.39. The summed E-state index contributed by atoms with van der Waals surface area (Å²) in [5.74, 6) is 1.39. The molecular weight excluding hydrogens is 192 g/mol.